The van der Waals surface area contributed by atoms with Crippen molar-refractivity contribution in [2.75, 3.05) is 7.11 Å². The predicted molar refractivity (Wildman–Crippen MR) is 124 cm³/mol. The average Bonchev–Trinajstić information content (AvgIpc) is 3.34. The van der Waals surface area contributed by atoms with Gasteiger partial charge < -0.3 is 18.8 Å². The molecule has 0 radical (unpaired) electrons. The summed E-state index contributed by atoms with van der Waals surface area (Å²) >= 11 is 6.05. The van der Waals surface area contributed by atoms with Gasteiger partial charge in [0.1, 0.15) is 18.1 Å². The smallest absolute Gasteiger partial charge is 0.336 e. The van der Waals surface area contributed by atoms with Crippen LogP contribution < -0.4 is 4.74 Å². The molecule has 2 heterocycles. The van der Waals surface area contributed by atoms with E-state index in [4.69, 9.17) is 25.5 Å². The van der Waals surface area contributed by atoms with Gasteiger partial charge in [0, 0.05) is 28.6 Å². The molecule has 0 saturated carbocycles. The minimum Gasteiger partial charge on any atom is -0.496 e. The quantitative estimate of drug-likeness (QED) is 0.432. The lowest BCUT2D eigenvalue weighted by atomic mass is 9.83. The normalized spacial score (nSPS) is 16.2. The van der Waals surface area contributed by atoms with E-state index in [1.54, 1.807) is 49.5 Å². The zero-order valence-electron chi connectivity index (χ0n) is 18.4. The standard InChI is InChI=1S/C26H24ClNO5/c1-17-25(26(30)33-16-19-6-3-4-8-23(19)31-2)22(18-9-11-20(27)12-10-18)14-24(29)28(17)15-21-7-5-13-32-21/h3-13,22H,14-16H2,1-2H3. The molecule has 2 aromatic carbocycles. The zero-order valence-corrected chi connectivity index (χ0v) is 19.2. The van der Waals surface area contributed by atoms with Gasteiger partial charge in [-0.25, -0.2) is 4.79 Å². The van der Waals surface area contributed by atoms with Gasteiger partial charge in [-0.3, -0.25) is 4.79 Å². The van der Waals surface area contributed by atoms with Gasteiger partial charge in [0.15, 0.2) is 0 Å². The van der Waals surface area contributed by atoms with Gasteiger partial charge in [-0.2, -0.15) is 0 Å². The minimum atomic E-state index is -0.477. The molecule has 170 valence electrons. The summed E-state index contributed by atoms with van der Waals surface area (Å²) in [7, 11) is 1.57. The van der Waals surface area contributed by atoms with Crippen LogP contribution in [0.4, 0.5) is 0 Å². The molecule has 1 aliphatic rings. The van der Waals surface area contributed by atoms with E-state index < -0.39 is 11.9 Å². The lowest BCUT2D eigenvalue weighted by Gasteiger charge is -2.34. The van der Waals surface area contributed by atoms with Crippen LogP contribution in [-0.4, -0.2) is 23.9 Å². The fourth-order valence-corrected chi connectivity index (χ4v) is 4.18. The predicted octanol–water partition coefficient (Wildman–Crippen LogP) is 5.48. The van der Waals surface area contributed by atoms with Crippen LogP contribution in [0.25, 0.3) is 0 Å². The zero-order chi connectivity index (χ0) is 23.4. The van der Waals surface area contributed by atoms with E-state index in [0.717, 1.165) is 11.1 Å². The Hall–Kier alpha value is -3.51. The van der Waals surface area contributed by atoms with Crippen molar-refractivity contribution < 1.29 is 23.5 Å². The number of methoxy groups -OCH3 is 1. The number of amides is 1. The Labute approximate surface area is 197 Å². The fraction of sp³-hybridized carbons (Fsp3) is 0.231. The fourth-order valence-electron chi connectivity index (χ4n) is 4.05. The number of carbonyl (C=O) groups excluding carboxylic acids is 2. The topological polar surface area (TPSA) is 69.0 Å². The van der Waals surface area contributed by atoms with Crippen molar-refractivity contribution in [2.24, 2.45) is 0 Å². The van der Waals surface area contributed by atoms with E-state index in [1.807, 2.05) is 36.4 Å². The number of rotatable bonds is 7. The van der Waals surface area contributed by atoms with Crippen LogP contribution in [0.5, 0.6) is 5.75 Å². The number of nitrogens with zero attached hydrogens (tertiary/aromatic N) is 1. The molecular formula is C26H24ClNO5. The van der Waals surface area contributed by atoms with Crippen molar-refractivity contribution in [2.45, 2.75) is 32.4 Å². The largest absolute Gasteiger partial charge is 0.496 e. The van der Waals surface area contributed by atoms with Crippen LogP contribution in [0.15, 0.2) is 82.6 Å². The summed E-state index contributed by atoms with van der Waals surface area (Å²) in [6, 6.07) is 18.1. The first-order valence-corrected chi connectivity index (χ1v) is 10.9. The highest BCUT2D eigenvalue weighted by atomic mass is 35.5. The SMILES string of the molecule is COc1ccccc1COC(=O)C1=C(C)N(Cc2ccco2)C(=O)CC1c1ccc(Cl)cc1. The van der Waals surface area contributed by atoms with E-state index in [2.05, 4.69) is 0 Å². The molecule has 0 saturated heterocycles. The molecule has 4 rings (SSSR count). The van der Waals surface area contributed by atoms with Crippen LogP contribution >= 0.6 is 11.6 Å². The number of ether oxygens (including phenoxy) is 2. The van der Waals surface area contributed by atoms with Crippen molar-refractivity contribution in [3.63, 3.8) is 0 Å². The van der Waals surface area contributed by atoms with Crippen molar-refractivity contribution in [1.29, 1.82) is 0 Å². The van der Waals surface area contributed by atoms with Gasteiger partial charge in [0.25, 0.3) is 0 Å². The third kappa shape index (κ3) is 4.96. The van der Waals surface area contributed by atoms with Crippen LogP contribution in [0.3, 0.4) is 0 Å². The Morgan fingerprint density at radius 3 is 2.58 bits per heavy atom. The highest BCUT2D eigenvalue weighted by molar-refractivity contribution is 6.30. The van der Waals surface area contributed by atoms with Crippen molar-refractivity contribution in [3.05, 3.63) is 100 Å². The van der Waals surface area contributed by atoms with Gasteiger partial charge in [0.2, 0.25) is 5.91 Å². The maximum atomic E-state index is 13.4. The van der Waals surface area contributed by atoms with E-state index in [1.165, 1.54) is 0 Å². The first-order valence-electron chi connectivity index (χ1n) is 10.6. The van der Waals surface area contributed by atoms with E-state index in [9.17, 15) is 9.59 Å². The summed E-state index contributed by atoms with van der Waals surface area (Å²) < 4.78 is 16.5. The Bertz CT molecular complexity index is 1170. The number of benzene rings is 2. The Balaban J connectivity index is 1.67. The molecule has 33 heavy (non-hydrogen) atoms. The molecule has 1 amide bonds. The van der Waals surface area contributed by atoms with E-state index in [-0.39, 0.29) is 25.5 Å². The number of halogens is 1. The average molecular weight is 466 g/mol. The lowest BCUT2D eigenvalue weighted by Crippen LogP contribution is -2.38. The minimum absolute atomic E-state index is 0.0547. The summed E-state index contributed by atoms with van der Waals surface area (Å²) in [6.45, 7) is 2.07. The highest BCUT2D eigenvalue weighted by Crippen LogP contribution is 2.38. The van der Waals surface area contributed by atoms with Crippen molar-refractivity contribution >= 4 is 23.5 Å². The van der Waals surface area contributed by atoms with Crippen molar-refractivity contribution in [3.8, 4) is 5.75 Å². The first-order chi connectivity index (χ1) is 16.0. The number of hydrogen-bond donors (Lipinski definition) is 0. The van der Waals surface area contributed by atoms with Crippen LogP contribution in [0, 0.1) is 0 Å². The molecule has 0 N–H and O–H groups in total. The number of furan rings is 1. The second-order valence-electron chi connectivity index (χ2n) is 7.75. The van der Waals surface area contributed by atoms with Gasteiger partial charge in [-0.15, -0.1) is 0 Å². The van der Waals surface area contributed by atoms with Gasteiger partial charge >= 0.3 is 5.97 Å². The van der Waals surface area contributed by atoms with Crippen molar-refractivity contribution in [1.82, 2.24) is 4.90 Å². The molecule has 1 aliphatic heterocycles. The summed E-state index contributed by atoms with van der Waals surface area (Å²) in [5.74, 6) is 0.270. The molecule has 6 nitrogen and oxygen atoms in total. The van der Waals surface area contributed by atoms with E-state index in [0.29, 0.717) is 27.8 Å². The second-order valence-corrected chi connectivity index (χ2v) is 8.19. The maximum Gasteiger partial charge on any atom is 0.336 e. The third-order valence-corrected chi connectivity index (χ3v) is 6.01. The van der Waals surface area contributed by atoms with Gasteiger partial charge in [0.05, 0.1) is 25.5 Å². The monoisotopic (exact) mass is 465 g/mol. The molecular weight excluding hydrogens is 442 g/mol. The van der Waals surface area contributed by atoms with Gasteiger partial charge in [-0.05, 0) is 42.8 Å². The Morgan fingerprint density at radius 2 is 1.88 bits per heavy atom. The Kier molecular flexibility index (Phi) is 6.84. The molecule has 0 fully saturated rings. The second kappa shape index (κ2) is 9.96. The third-order valence-electron chi connectivity index (χ3n) is 5.76. The molecule has 0 aliphatic carbocycles. The summed E-state index contributed by atoms with van der Waals surface area (Å²) in [4.78, 5) is 28.0. The molecule has 1 atom stereocenters. The summed E-state index contributed by atoms with van der Waals surface area (Å²) in [6.07, 6.45) is 1.69. The van der Waals surface area contributed by atoms with Crippen LogP contribution in [-0.2, 0) is 27.5 Å². The molecule has 1 unspecified atom stereocenters. The number of hydrogen-bond acceptors (Lipinski definition) is 5. The maximum absolute atomic E-state index is 13.4. The summed E-state index contributed by atoms with van der Waals surface area (Å²) in [5.41, 5.74) is 2.58. The number of allylic oxidation sites excluding steroid dienone is 1. The molecule has 7 heteroatoms. The summed E-state index contributed by atoms with van der Waals surface area (Å²) in [5, 5.41) is 0.585. The molecule has 0 bridgehead atoms. The van der Waals surface area contributed by atoms with Gasteiger partial charge in [-0.1, -0.05) is 41.9 Å². The molecule has 1 aromatic heterocycles. The number of esters is 1. The molecule has 3 aromatic rings. The molecule has 0 spiro atoms. The number of para-hydroxylation sites is 1. The highest BCUT2D eigenvalue weighted by Gasteiger charge is 2.37. The number of carbonyl (C=O) groups is 2. The lowest BCUT2D eigenvalue weighted by molar-refractivity contribution is -0.141. The van der Waals surface area contributed by atoms with Crippen LogP contribution in [0.1, 0.15) is 36.1 Å². The first kappa shape index (κ1) is 22.7. The Morgan fingerprint density at radius 1 is 1.12 bits per heavy atom. The van der Waals surface area contributed by atoms with E-state index >= 15 is 0 Å². The van der Waals surface area contributed by atoms with Crippen LogP contribution in [0.2, 0.25) is 5.02 Å².